The van der Waals surface area contributed by atoms with E-state index in [4.69, 9.17) is 10.8 Å². The van der Waals surface area contributed by atoms with Crippen molar-refractivity contribution in [1.29, 1.82) is 0 Å². The van der Waals surface area contributed by atoms with E-state index in [0.717, 1.165) is 0 Å². The number of halogens is 1. The van der Waals surface area contributed by atoms with E-state index in [-0.39, 0.29) is 18.9 Å². The summed E-state index contributed by atoms with van der Waals surface area (Å²) in [6.45, 7) is 4.81. The second kappa shape index (κ2) is 4.56. The molecule has 0 aromatic carbocycles. The smallest absolute Gasteiger partial charge is 0.313 e. The first-order valence-electron chi connectivity index (χ1n) is 4.44. The van der Waals surface area contributed by atoms with Gasteiger partial charge in [-0.2, -0.15) is 0 Å². The summed E-state index contributed by atoms with van der Waals surface area (Å²) < 4.78 is 13.2. The highest BCUT2D eigenvalue weighted by atomic mass is 19.1. The van der Waals surface area contributed by atoms with E-state index in [2.05, 4.69) is 0 Å². The summed E-state index contributed by atoms with van der Waals surface area (Å²) in [5, 5.41) is 8.92. The maximum absolute atomic E-state index is 13.2. The van der Waals surface area contributed by atoms with Gasteiger partial charge in [0.2, 0.25) is 0 Å². The van der Waals surface area contributed by atoms with Crippen molar-refractivity contribution in [2.75, 3.05) is 6.54 Å². The van der Waals surface area contributed by atoms with Gasteiger partial charge >= 0.3 is 5.97 Å². The van der Waals surface area contributed by atoms with Crippen molar-refractivity contribution in [3.05, 3.63) is 0 Å². The molecule has 0 saturated heterocycles. The maximum Gasteiger partial charge on any atom is 0.313 e. The van der Waals surface area contributed by atoms with Crippen molar-refractivity contribution in [1.82, 2.24) is 0 Å². The molecule has 0 aliphatic rings. The number of hydrogen-bond donors (Lipinski definition) is 2. The van der Waals surface area contributed by atoms with Crippen molar-refractivity contribution < 1.29 is 14.3 Å². The van der Waals surface area contributed by atoms with Gasteiger partial charge in [0, 0.05) is 6.54 Å². The summed E-state index contributed by atoms with van der Waals surface area (Å²) in [5.74, 6) is -1.02. The fourth-order valence-electron chi connectivity index (χ4n) is 1.48. The monoisotopic (exact) mass is 191 g/mol. The Balaban J connectivity index is 4.76. The van der Waals surface area contributed by atoms with Gasteiger partial charge in [-0.05, 0) is 19.3 Å². The molecule has 0 spiro atoms. The molecule has 0 aromatic rings. The zero-order valence-corrected chi connectivity index (χ0v) is 8.38. The molecule has 0 saturated carbocycles. The Kier molecular flexibility index (Phi) is 4.33. The standard InChI is InChI=1S/C9H18FNO2/c1-6(2)4-9(5-11,7(3)10)8(12)13/h6-7H,4-5,11H2,1-3H3,(H,12,13). The third kappa shape index (κ3) is 2.66. The highest BCUT2D eigenvalue weighted by Gasteiger charge is 2.43. The van der Waals surface area contributed by atoms with Crippen LogP contribution in [0.15, 0.2) is 0 Å². The highest BCUT2D eigenvalue weighted by molar-refractivity contribution is 5.75. The van der Waals surface area contributed by atoms with E-state index in [9.17, 15) is 9.18 Å². The lowest BCUT2D eigenvalue weighted by atomic mass is 9.76. The number of rotatable bonds is 5. The molecule has 2 atom stereocenters. The van der Waals surface area contributed by atoms with Crippen LogP contribution in [0, 0.1) is 11.3 Å². The van der Waals surface area contributed by atoms with Crippen LogP contribution in [0.25, 0.3) is 0 Å². The van der Waals surface area contributed by atoms with Gasteiger partial charge in [0.25, 0.3) is 0 Å². The van der Waals surface area contributed by atoms with E-state index in [1.165, 1.54) is 6.92 Å². The number of carboxylic acid groups (broad SMARTS) is 1. The molecule has 0 aliphatic heterocycles. The fourth-order valence-corrected chi connectivity index (χ4v) is 1.48. The van der Waals surface area contributed by atoms with Gasteiger partial charge in [-0.15, -0.1) is 0 Å². The first kappa shape index (κ1) is 12.4. The van der Waals surface area contributed by atoms with Crippen LogP contribution >= 0.6 is 0 Å². The third-order valence-electron chi connectivity index (χ3n) is 2.32. The fraction of sp³-hybridized carbons (Fsp3) is 0.889. The van der Waals surface area contributed by atoms with Crippen LogP contribution in [-0.4, -0.2) is 23.8 Å². The lowest BCUT2D eigenvalue weighted by Gasteiger charge is -2.30. The summed E-state index contributed by atoms with van der Waals surface area (Å²) in [6, 6.07) is 0. The van der Waals surface area contributed by atoms with E-state index < -0.39 is 17.6 Å². The Morgan fingerprint density at radius 3 is 2.08 bits per heavy atom. The molecule has 0 aromatic heterocycles. The number of nitrogens with two attached hydrogens (primary N) is 1. The predicted molar refractivity (Wildman–Crippen MR) is 49.1 cm³/mol. The molecular formula is C9H18FNO2. The molecule has 3 N–H and O–H groups in total. The zero-order chi connectivity index (χ0) is 10.6. The zero-order valence-electron chi connectivity index (χ0n) is 8.38. The maximum atomic E-state index is 13.2. The first-order valence-corrected chi connectivity index (χ1v) is 4.44. The Morgan fingerprint density at radius 2 is 2.00 bits per heavy atom. The molecule has 78 valence electrons. The van der Waals surface area contributed by atoms with E-state index in [1.54, 1.807) is 0 Å². The van der Waals surface area contributed by atoms with Crippen LogP contribution in [-0.2, 0) is 4.79 Å². The second-order valence-corrected chi connectivity index (χ2v) is 3.88. The molecule has 0 aliphatic carbocycles. The molecule has 0 rings (SSSR count). The summed E-state index contributed by atoms with van der Waals surface area (Å²) in [7, 11) is 0. The summed E-state index contributed by atoms with van der Waals surface area (Å²) in [6.07, 6.45) is -1.14. The normalized spacial score (nSPS) is 18.3. The Bertz CT molecular complexity index is 182. The average molecular weight is 191 g/mol. The SMILES string of the molecule is CC(C)CC(CN)(C(=O)O)C(C)F. The Hall–Kier alpha value is -0.640. The molecule has 4 heteroatoms. The number of aliphatic carboxylic acids is 1. The third-order valence-corrected chi connectivity index (χ3v) is 2.32. The van der Waals surface area contributed by atoms with Gasteiger partial charge in [0.1, 0.15) is 11.6 Å². The number of alkyl halides is 1. The topological polar surface area (TPSA) is 63.3 Å². The van der Waals surface area contributed by atoms with E-state index in [0.29, 0.717) is 0 Å². The van der Waals surface area contributed by atoms with Crippen molar-refractivity contribution in [3.63, 3.8) is 0 Å². The Labute approximate surface area is 78.1 Å². The van der Waals surface area contributed by atoms with Crippen LogP contribution in [0.1, 0.15) is 27.2 Å². The van der Waals surface area contributed by atoms with Gasteiger partial charge in [-0.25, -0.2) is 4.39 Å². The highest BCUT2D eigenvalue weighted by Crippen LogP contribution is 2.31. The lowest BCUT2D eigenvalue weighted by Crippen LogP contribution is -2.46. The van der Waals surface area contributed by atoms with Crippen molar-refractivity contribution in [2.24, 2.45) is 17.1 Å². The van der Waals surface area contributed by atoms with E-state index in [1.807, 2.05) is 13.8 Å². The molecule has 0 amide bonds. The number of hydrogen-bond acceptors (Lipinski definition) is 2. The molecule has 0 bridgehead atoms. The summed E-state index contributed by atoms with van der Waals surface area (Å²) >= 11 is 0. The van der Waals surface area contributed by atoms with Gasteiger partial charge < -0.3 is 10.8 Å². The van der Waals surface area contributed by atoms with Crippen LogP contribution in [0.4, 0.5) is 4.39 Å². The summed E-state index contributed by atoms with van der Waals surface area (Å²) in [4.78, 5) is 10.9. The number of carboxylic acids is 1. The molecule has 2 unspecified atom stereocenters. The quantitative estimate of drug-likeness (QED) is 0.690. The largest absolute Gasteiger partial charge is 0.481 e. The van der Waals surface area contributed by atoms with Gasteiger partial charge in [0.05, 0.1) is 0 Å². The Morgan fingerprint density at radius 1 is 1.54 bits per heavy atom. The van der Waals surface area contributed by atoms with Gasteiger partial charge in [-0.3, -0.25) is 4.79 Å². The van der Waals surface area contributed by atoms with Crippen LogP contribution < -0.4 is 5.73 Å². The van der Waals surface area contributed by atoms with Crippen molar-refractivity contribution in [3.8, 4) is 0 Å². The van der Waals surface area contributed by atoms with E-state index >= 15 is 0 Å². The second-order valence-electron chi connectivity index (χ2n) is 3.88. The van der Waals surface area contributed by atoms with Crippen LogP contribution in [0.5, 0.6) is 0 Å². The lowest BCUT2D eigenvalue weighted by molar-refractivity contribution is -0.153. The van der Waals surface area contributed by atoms with Gasteiger partial charge in [0.15, 0.2) is 0 Å². The van der Waals surface area contributed by atoms with Crippen LogP contribution in [0.3, 0.4) is 0 Å². The predicted octanol–water partition coefficient (Wildman–Crippen LogP) is 1.42. The molecule has 13 heavy (non-hydrogen) atoms. The first-order chi connectivity index (χ1) is 5.86. The molecule has 0 radical (unpaired) electrons. The average Bonchev–Trinajstić information content (AvgIpc) is 1.98. The number of carbonyl (C=O) groups is 1. The minimum atomic E-state index is -1.42. The molecular weight excluding hydrogens is 173 g/mol. The van der Waals surface area contributed by atoms with Crippen molar-refractivity contribution in [2.45, 2.75) is 33.4 Å². The minimum absolute atomic E-state index is 0.123. The van der Waals surface area contributed by atoms with Crippen molar-refractivity contribution >= 4 is 5.97 Å². The molecule has 3 nitrogen and oxygen atoms in total. The van der Waals surface area contributed by atoms with Crippen LogP contribution in [0.2, 0.25) is 0 Å². The van der Waals surface area contributed by atoms with Gasteiger partial charge in [-0.1, -0.05) is 13.8 Å². The summed E-state index contributed by atoms with van der Waals surface area (Å²) in [5.41, 5.74) is 3.93. The molecule has 0 fully saturated rings. The minimum Gasteiger partial charge on any atom is -0.481 e. The molecule has 0 heterocycles.